The molecule has 0 saturated heterocycles. The topological polar surface area (TPSA) is 79.3 Å². The van der Waals surface area contributed by atoms with Crippen LogP contribution >= 0.6 is 11.5 Å². The molecular weight excluding hydrogens is 228 g/mol. The zero-order chi connectivity index (χ0) is 12.0. The predicted molar refractivity (Wildman–Crippen MR) is 60.7 cm³/mol. The largest absolute Gasteiger partial charge is 0.481 e. The fourth-order valence-corrected chi connectivity index (χ4v) is 1.90. The Morgan fingerprint density at radius 3 is 2.81 bits per heavy atom. The number of aliphatic carboxylic acids is 1. The highest BCUT2D eigenvalue weighted by Gasteiger charge is 2.09. The van der Waals surface area contributed by atoms with Crippen LogP contribution in [-0.4, -0.2) is 27.9 Å². The third-order valence-electron chi connectivity index (χ3n) is 2.10. The normalized spacial score (nSPS) is 10.1. The first-order valence-corrected chi connectivity index (χ1v) is 5.86. The SMILES string of the molecule is Cc1nscc1C(=O)NCCCCC(=O)O. The van der Waals surface area contributed by atoms with Crippen molar-refractivity contribution in [1.29, 1.82) is 0 Å². The summed E-state index contributed by atoms with van der Waals surface area (Å²) in [5.41, 5.74) is 1.33. The molecule has 0 fully saturated rings. The Kier molecular flexibility index (Phi) is 4.91. The molecule has 6 heteroatoms. The van der Waals surface area contributed by atoms with Crippen LogP contribution in [0.15, 0.2) is 5.38 Å². The van der Waals surface area contributed by atoms with Crippen LogP contribution in [0.5, 0.6) is 0 Å². The van der Waals surface area contributed by atoms with E-state index in [9.17, 15) is 9.59 Å². The number of unbranched alkanes of at least 4 members (excludes halogenated alkanes) is 1. The Morgan fingerprint density at radius 1 is 1.50 bits per heavy atom. The Bertz CT molecular complexity index is 376. The van der Waals surface area contributed by atoms with Crippen molar-refractivity contribution in [3.05, 3.63) is 16.6 Å². The number of aryl methyl sites for hydroxylation is 1. The Hall–Kier alpha value is -1.43. The second-order valence-corrected chi connectivity index (χ2v) is 4.05. The molecule has 0 aliphatic carbocycles. The van der Waals surface area contributed by atoms with E-state index in [1.165, 1.54) is 11.5 Å². The number of carbonyl (C=O) groups is 2. The maximum atomic E-state index is 11.6. The van der Waals surface area contributed by atoms with Crippen molar-refractivity contribution in [2.75, 3.05) is 6.54 Å². The minimum absolute atomic E-state index is 0.137. The van der Waals surface area contributed by atoms with Crippen LogP contribution in [-0.2, 0) is 4.79 Å². The lowest BCUT2D eigenvalue weighted by Gasteiger charge is -2.03. The molecule has 2 N–H and O–H groups in total. The number of hydrogen-bond donors (Lipinski definition) is 2. The Labute approximate surface area is 97.7 Å². The summed E-state index contributed by atoms with van der Waals surface area (Å²) in [6, 6.07) is 0. The van der Waals surface area contributed by atoms with Gasteiger partial charge in [0, 0.05) is 18.3 Å². The molecule has 5 nitrogen and oxygen atoms in total. The average molecular weight is 242 g/mol. The summed E-state index contributed by atoms with van der Waals surface area (Å²) in [6.45, 7) is 2.29. The van der Waals surface area contributed by atoms with Crippen molar-refractivity contribution in [3.8, 4) is 0 Å². The number of amides is 1. The minimum Gasteiger partial charge on any atom is -0.481 e. The van der Waals surface area contributed by atoms with E-state index in [1.54, 1.807) is 12.3 Å². The summed E-state index contributed by atoms with van der Waals surface area (Å²) >= 11 is 1.25. The van der Waals surface area contributed by atoms with Crippen LogP contribution in [0.25, 0.3) is 0 Å². The molecule has 1 amide bonds. The molecule has 0 aliphatic heterocycles. The number of carboxylic acids is 1. The summed E-state index contributed by atoms with van der Waals surface area (Å²) in [5.74, 6) is -0.939. The molecule has 0 unspecified atom stereocenters. The minimum atomic E-state index is -0.802. The van der Waals surface area contributed by atoms with Gasteiger partial charge in [0.15, 0.2) is 0 Å². The van der Waals surface area contributed by atoms with Gasteiger partial charge in [-0.05, 0) is 31.3 Å². The molecule has 16 heavy (non-hydrogen) atoms. The quantitative estimate of drug-likeness (QED) is 0.740. The van der Waals surface area contributed by atoms with E-state index in [-0.39, 0.29) is 12.3 Å². The van der Waals surface area contributed by atoms with Gasteiger partial charge in [-0.25, -0.2) is 0 Å². The monoisotopic (exact) mass is 242 g/mol. The van der Waals surface area contributed by atoms with Gasteiger partial charge in [0.25, 0.3) is 5.91 Å². The standard InChI is InChI=1S/C10H14N2O3S/c1-7-8(6-16-12-7)10(15)11-5-3-2-4-9(13)14/h6H,2-5H2,1H3,(H,11,15)(H,13,14). The lowest BCUT2D eigenvalue weighted by molar-refractivity contribution is -0.137. The summed E-state index contributed by atoms with van der Waals surface area (Å²) in [6.07, 6.45) is 1.40. The summed E-state index contributed by atoms with van der Waals surface area (Å²) < 4.78 is 4.01. The predicted octanol–water partition coefficient (Wildman–Crippen LogP) is 1.44. The van der Waals surface area contributed by atoms with Crippen molar-refractivity contribution >= 4 is 23.4 Å². The molecule has 0 aromatic carbocycles. The number of carbonyl (C=O) groups excluding carboxylic acids is 1. The van der Waals surface area contributed by atoms with Crippen LogP contribution in [0, 0.1) is 6.92 Å². The summed E-state index contributed by atoms with van der Waals surface area (Å²) in [7, 11) is 0. The number of rotatable bonds is 6. The maximum Gasteiger partial charge on any atom is 0.303 e. The first-order valence-electron chi connectivity index (χ1n) is 5.02. The van der Waals surface area contributed by atoms with Crippen LogP contribution in [0.3, 0.4) is 0 Å². The van der Waals surface area contributed by atoms with Crippen LogP contribution in [0.2, 0.25) is 0 Å². The lowest BCUT2D eigenvalue weighted by atomic mass is 10.2. The highest BCUT2D eigenvalue weighted by molar-refractivity contribution is 7.03. The van der Waals surface area contributed by atoms with Crippen molar-refractivity contribution in [3.63, 3.8) is 0 Å². The zero-order valence-corrected chi connectivity index (χ0v) is 9.84. The van der Waals surface area contributed by atoms with Gasteiger partial charge in [-0.15, -0.1) is 0 Å². The van der Waals surface area contributed by atoms with E-state index in [0.29, 0.717) is 24.9 Å². The molecule has 0 bridgehead atoms. The fraction of sp³-hybridized carbons (Fsp3) is 0.500. The molecule has 0 aliphatic rings. The Balaban J connectivity index is 2.21. The van der Waals surface area contributed by atoms with Crippen LogP contribution in [0.1, 0.15) is 35.3 Å². The molecule has 0 saturated carbocycles. The van der Waals surface area contributed by atoms with Gasteiger partial charge in [0.1, 0.15) is 0 Å². The molecular formula is C10H14N2O3S. The van der Waals surface area contributed by atoms with Crippen molar-refractivity contribution in [2.45, 2.75) is 26.2 Å². The number of aromatic nitrogens is 1. The van der Waals surface area contributed by atoms with Crippen molar-refractivity contribution in [2.24, 2.45) is 0 Å². The number of hydrogen-bond acceptors (Lipinski definition) is 4. The van der Waals surface area contributed by atoms with Gasteiger partial charge in [0.2, 0.25) is 0 Å². The molecule has 1 heterocycles. The van der Waals surface area contributed by atoms with Gasteiger partial charge in [0.05, 0.1) is 11.3 Å². The highest BCUT2D eigenvalue weighted by Crippen LogP contribution is 2.08. The number of nitrogens with zero attached hydrogens (tertiary/aromatic N) is 1. The second kappa shape index (κ2) is 6.22. The van der Waals surface area contributed by atoms with Crippen LogP contribution in [0.4, 0.5) is 0 Å². The van der Waals surface area contributed by atoms with E-state index in [0.717, 1.165) is 5.69 Å². The third-order valence-corrected chi connectivity index (χ3v) is 2.82. The molecule has 88 valence electrons. The van der Waals surface area contributed by atoms with Crippen molar-refractivity contribution in [1.82, 2.24) is 9.69 Å². The van der Waals surface area contributed by atoms with E-state index >= 15 is 0 Å². The fourth-order valence-electron chi connectivity index (χ4n) is 1.21. The van der Waals surface area contributed by atoms with E-state index in [2.05, 4.69) is 9.69 Å². The van der Waals surface area contributed by atoms with E-state index in [1.807, 2.05) is 0 Å². The van der Waals surface area contributed by atoms with Gasteiger partial charge in [-0.3, -0.25) is 9.59 Å². The maximum absolute atomic E-state index is 11.6. The lowest BCUT2D eigenvalue weighted by Crippen LogP contribution is -2.24. The summed E-state index contributed by atoms with van der Waals surface area (Å²) in [4.78, 5) is 21.8. The van der Waals surface area contributed by atoms with Crippen LogP contribution < -0.4 is 5.32 Å². The van der Waals surface area contributed by atoms with E-state index in [4.69, 9.17) is 5.11 Å². The first kappa shape index (κ1) is 12.6. The van der Waals surface area contributed by atoms with Gasteiger partial charge >= 0.3 is 5.97 Å². The van der Waals surface area contributed by atoms with E-state index < -0.39 is 5.97 Å². The zero-order valence-electron chi connectivity index (χ0n) is 9.02. The molecule has 1 aromatic rings. The Morgan fingerprint density at radius 2 is 2.25 bits per heavy atom. The second-order valence-electron chi connectivity index (χ2n) is 3.42. The van der Waals surface area contributed by atoms with Gasteiger partial charge in [-0.1, -0.05) is 0 Å². The molecule has 0 atom stereocenters. The molecule has 1 aromatic heterocycles. The number of carboxylic acid groups (broad SMARTS) is 1. The van der Waals surface area contributed by atoms with Gasteiger partial charge in [-0.2, -0.15) is 4.37 Å². The number of nitrogens with one attached hydrogen (secondary N) is 1. The molecule has 0 radical (unpaired) electrons. The molecule has 1 rings (SSSR count). The smallest absolute Gasteiger partial charge is 0.303 e. The summed E-state index contributed by atoms with van der Waals surface area (Å²) in [5, 5.41) is 12.9. The first-order chi connectivity index (χ1) is 7.61. The van der Waals surface area contributed by atoms with Crippen molar-refractivity contribution < 1.29 is 14.7 Å². The highest BCUT2D eigenvalue weighted by atomic mass is 32.1. The van der Waals surface area contributed by atoms with Gasteiger partial charge < -0.3 is 10.4 Å². The third kappa shape index (κ3) is 3.98. The molecule has 0 spiro atoms. The average Bonchev–Trinajstić information content (AvgIpc) is 2.63.